The molecule has 1 aliphatic rings. The van der Waals surface area contributed by atoms with Crippen LogP contribution in [0.25, 0.3) is 10.2 Å². The highest BCUT2D eigenvalue weighted by Crippen LogP contribution is 2.34. The van der Waals surface area contributed by atoms with Gasteiger partial charge in [-0.25, -0.2) is 4.98 Å². The molecule has 0 radical (unpaired) electrons. The number of hydrogen-bond donors (Lipinski definition) is 0. The van der Waals surface area contributed by atoms with E-state index in [0.29, 0.717) is 10.3 Å². The summed E-state index contributed by atoms with van der Waals surface area (Å²) in [6, 6.07) is 9.39. The zero-order chi connectivity index (χ0) is 16.7. The standard InChI is InChI=1S/C18H14ClN3OS/c19-18-21-15-13-7-3-4-8-14(13)24-16(15)17(23)22(18)10-12-6-2-1-5-11(12)9-20/h1-2,5-6H,3-4,7-8,10H2. The predicted molar refractivity (Wildman–Crippen MR) is 95.8 cm³/mol. The fourth-order valence-electron chi connectivity index (χ4n) is 3.25. The third-order valence-corrected chi connectivity index (χ3v) is 6.03. The number of aromatic nitrogens is 2. The number of aryl methyl sites for hydroxylation is 2. The van der Waals surface area contributed by atoms with Gasteiger partial charge in [-0.3, -0.25) is 9.36 Å². The van der Waals surface area contributed by atoms with Gasteiger partial charge in [0.25, 0.3) is 5.56 Å². The van der Waals surface area contributed by atoms with Crippen molar-refractivity contribution in [2.45, 2.75) is 32.2 Å². The third kappa shape index (κ3) is 2.43. The van der Waals surface area contributed by atoms with E-state index in [9.17, 15) is 10.1 Å². The van der Waals surface area contributed by atoms with Crippen molar-refractivity contribution in [2.75, 3.05) is 0 Å². The summed E-state index contributed by atoms with van der Waals surface area (Å²) in [4.78, 5) is 18.7. The summed E-state index contributed by atoms with van der Waals surface area (Å²) in [7, 11) is 0. The van der Waals surface area contributed by atoms with Gasteiger partial charge < -0.3 is 0 Å². The summed E-state index contributed by atoms with van der Waals surface area (Å²) in [5.41, 5.74) is 3.17. The van der Waals surface area contributed by atoms with Crippen LogP contribution in [-0.4, -0.2) is 9.55 Å². The first-order valence-electron chi connectivity index (χ1n) is 7.87. The number of rotatable bonds is 2. The minimum Gasteiger partial charge on any atom is -0.278 e. The molecular weight excluding hydrogens is 342 g/mol. The van der Waals surface area contributed by atoms with Crippen molar-refractivity contribution in [1.29, 1.82) is 5.26 Å². The van der Waals surface area contributed by atoms with Crippen LogP contribution in [0, 0.1) is 11.3 Å². The van der Waals surface area contributed by atoms with Crippen LogP contribution in [0.3, 0.4) is 0 Å². The molecule has 4 nitrogen and oxygen atoms in total. The number of halogens is 1. The molecule has 0 saturated heterocycles. The van der Waals surface area contributed by atoms with Crippen LogP contribution in [0.2, 0.25) is 5.28 Å². The van der Waals surface area contributed by atoms with E-state index in [0.717, 1.165) is 36.8 Å². The van der Waals surface area contributed by atoms with Gasteiger partial charge in [-0.2, -0.15) is 5.26 Å². The Kier molecular flexibility index (Phi) is 3.87. The molecule has 0 amide bonds. The van der Waals surface area contributed by atoms with Crippen molar-refractivity contribution in [3.63, 3.8) is 0 Å². The molecule has 0 spiro atoms. The first kappa shape index (κ1) is 15.4. The molecule has 0 atom stereocenters. The van der Waals surface area contributed by atoms with Crippen molar-refractivity contribution in [3.05, 3.63) is 61.5 Å². The Labute approximate surface area is 148 Å². The van der Waals surface area contributed by atoms with E-state index in [1.807, 2.05) is 12.1 Å². The quantitative estimate of drug-likeness (QED) is 0.655. The van der Waals surface area contributed by atoms with Gasteiger partial charge in [-0.15, -0.1) is 11.3 Å². The zero-order valence-corrected chi connectivity index (χ0v) is 14.5. The number of benzene rings is 1. The highest BCUT2D eigenvalue weighted by atomic mass is 35.5. The normalized spacial score (nSPS) is 13.7. The average Bonchev–Trinajstić information content (AvgIpc) is 2.98. The topological polar surface area (TPSA) is 58.7 Å². The van der Waals surface area contributed by atoms with Gasteiger partial charge in [-0.1, -0.05) is 18.2 Å². The lowest BCUT2D eigenvalue weighted by Crippen LogP contribution is -2.22. The second kappa shape index (κ2) is 6.04. The summed E-state index contributed by atoms with van der Waals surface area (Å²) in [5.74, 6) is 0. The molecule has 0 saturated carbocycles. The molecule has 4 rings (SSSR count). The van der Waals surface area contributed by atoms with Gasteiger partial charge in [0.15, 0.2) is 0 Å². The second-order valence-corrected chi connectivity index (χ2v) is 7.37. The zero-order valence-electron chi connectivity index (χ0n) is 12.9. The molecule has 0 N–H and O–H groups in total. The second-order valence-electron chi connectivity index (χ2n) is 5.93. The van der Waals surface area contributed by atoms with E-state index in [-0.39, 0.29) is 17.4 Å². The van der Waals surface area contributed by atoms with Crippen molar-refractivity contribution < 1.29 is 0 Å². The van der Waals surface area contributed by atoms with Gasteiger partial charge in [0, 0.05) is 4.88 Å². The van der Waals surface area contributed by atoms with Gasteiger partial charge in [0.1, 0.15) is 4.70 Å². The van der Waals surface area contributed by atoms with Gasteiger partial charge in [-0.05, 0) is 54.5 Å². The molecule has 0 bridgehead atoms. The Morgan fingerprint density at radius 3 is 2.92 bits per heavy atom. The van der Waals surface area contributed by atoms with Crippen LogP contribution >= 0.6 is 22.9 Å². The number of hydrogen-bond acceptors (Lipinski definition) is 4. The Morgan fingerprint density at radius 1 is 1.29 bits per heavy atom. The first-order chi connectivity index (χ1) is 11.7. The molecule has 2 aromatic heterocycles. The highest BCUT2D eigenvalue weighted by Gasteiger charge is 2.21. The molecule has 0 unspecified atom stereocenters. The lowest BCUT2D eigenvalue weighted by atomic mass is 9.98. The number of thiophene rings is 1. The van der Waals surface area contributed by atoms with E-state index < -0.39 is 0 Å². The maximum Gasteiger partial charge on any atom is 0.272 e. The van der Waals surface area contributed by atoms with Crippen molar-refractivity contribution in [3.8, 4) is 6.07 Å². The lowest BCUT2D eigenvalue weighted by Gasteiger charge is -2.11. The summed E-state index contributed by atoms with van der Waals surface area (Å²) in [6.07, 6.45) is 4.29. The SMILES string of the molecule is N#Cc1ccccc1Cn1c(Cl)nc2c3c(sc2c1=O)CCCC3. The van der Waals surface area contributed by atoms with Crippen molar-refractivity contribution >= 4 is 33.2 Å². The van der Waals surface area contributed by atoms with Gasteiger partial charge in [0.05, 0.1) is 23.7 Å². The van der Waals surface area contributed by atoms with E-state index in [1.165, 1.54) is 15.0 Å². The summed E-state index contributed by atoms with van der Waals surface area (Å²) in [6.45, 7) is 0.257. The average molecular weight is 356 g/mol. The molecule has 6 heteroatoms. The molecule has 1 aliphatic carbocycles. The van der Waals surface area contributed by atoms with Crippen LogP contribution in [0.4, 0.5) is 0 Å². The van der Waals surface area contributed by atoms with Crippen LogP contribution in [0.15, 0.2) is 29.1 Å². The molecule has 2 heterocycles. The van der Waals surface area contributed by atoms with E-state index in [4.69, 9.17) is 11.6 Å². The lowest BCUT2D eigenvalue weighted by molar-refractivity contribution is 0.698. The Morgan fingerprint density at radius 2 is 2.08 bits per heavy atom. The highest BCUT2D eigenvalue weighted by molar-refractivity contribution is 7.19. The van der Waals surface area contributed by atoms with E-state index >= 15 is 0 Å². The number of fused-ring (bicyclic) bond motifs is 3. The predicted octanol–water partition coefficient (Wildman–Crippen LogP) is 3.91. The van der Waals surface area contributed by atoms with E-state index in [1.54, 1.807) is 23.5 Å². The van der Waals surface area contributed by atoms with Gasteiger partial charge >= 0.3 is 0 Å². The Balaban J connectivity index is 1.88. The maximum atomic E-state index is 12.9. The molecule has 24 heavy (non-hydrogen) atoms. The van der Waals surface area contributed by atoms with Crippen LogP contribution < -0.4 is 5.56 Å². The molecule has 3 aromatic rings. The minimum atomic E-state index is -0.114. The Bertz CT molecular complexity index is 1040. The molecule has 0 aliphatic heterocycles. The molecule has 0 fully saturated rings. The minimum absolute atomic E-state index is 0.114. The van der Waals surface area contributed by atoms with Crippen molar-refractivity contribution in [2.24, 2.45) is 0 Å². The number of nitriles is 1. The fourth-order valence-corrected chi connectivity index (χ4v) is 4.74. The fraction of sp³-hybridized carbons (Fsp3) is 0.278. The summed E-state index contributed by atoms with van der Waals surface area (Å²) in [5, 5.41) is 9.42. The largest absolute Gasteiger partial charge is 0.278 e. The molecule has 1 aromatic carbocycles. The first-order valence-corrected chi connectivity index (χ1v) is 9.07. The van der Waals surface area contributed by atoms with Crippen molar-refractivity contribution in [1.82, 2.24) is 9.55 Å². The van der Waals surface area contributed by atoms with E-state index in [2.05, 4.69) is 11.1 Å². The summed E-state index contributed by atoms with van der Waals surface area (Å²) < 4.78 is 2.14. The summed E-state index contributed by atoms with van der Waals surface area (Å²) >= 11 is 7.88. The molecule has 120 valence electrons. The third-order valence-electron chi connectivity index (χ3n) is 4.48. The number of nitrogens with zero attached hydrogens (tertiary/aromatic N) is 3. The van der Waals surface area contributed by atoms with Crippen LogP contribution in [0.1, 0.15) is 34.4 Å². The van der Waals surface area contributed by atoms with Crippen LogP contribution in [-0.2, 0) is 19.4 Å². The maximum absolute atomic E-state index is 12.9. The molecular formula is C18H14ClN3OS. The van der Waals surface area contributed by atoms with Crippen LogP contribution in [0.5, 0.6) is 0 Å². The van der Waals surface area contributed by atoms with Gasteiger partial charge in [0.2, 0.25) is 5.28 Å². The monoisotopic (exact) mass is 355 g/mol. The Hall–Kier alpha value is -2.16. The smallest absolute Gasteiger partial charge is 0.272 e.